The Hall–Kier alpha value is -2.17. The summed E-state index contributed by atoms with van der Waals surface area (Å²) in [5.74, 6) is 0.706. The van der Waals surface area contributed by atoms with Crippen LogP contribution in [0.1, 0.15) is 24.1 Å². The van der Waals surface area contributed by atoms with Gasteiger partial charge in [-0.25, -0.2) is 9.37 Å². The highest BCUT2D eigenvalue weighted by molar-refractivity contribution is 5.49. The summed E-state index contributed by atoms with van der Waals surface area (Å²) in [4.78, 5) is 10.1. The fraction of sp³-hybridized carbons (Fsp3) is 0.286. The van der Waals surface area contributed by atoms with Crippen LogP contribution in [0.3, 0.4) is 0 Å². The minimum absolute atomic E-state index is 0.144. The highest BCUT2D eigenvalue weighted by atomic mass is 19.1. The molecule has 2 aromatic rings. The van der Waals surface area contributed by atoms with Crippen LogP contribution in [0.25, 0.3) is 0 Å². The van der Waals surface area contributed by atoms with E-state index in [0.29, 0.717) is 11.4 Å². The molecule has 0 aliphatic carbocycles. The average molecular weight is 260 g/mol. The Morgan fingerprint density at radius 1 is 1.32 bits per heavy atom. The van der Waals surface area contributed by atoms with Crippen molar-refractivity contribution in [2.45, 2.75) is 19.9 Å². The molecule has 100 valence electrons. The number of rotatable bonds is 3. The predicted molar refractivity (Wildman–Crippen MR) is 74.4 cm³/mol. The molecule has 0 bridgehead atoms. The largest absolute Gasteiger partial charge is 0.368 e. The van der Waals surface area contributed by atoms with Crippen molar-refractivity contribution in [2.24, 2.45) is 0 Å². The van der Waals surface area contributed by atoms with Crippen LogP contribution >= 0.6 is 0 Å². The van der Waals surface area contributed by atoms with Crippen molar-refractivity contribution in [1.82, 2.24) is 9.97 Å². The number of halogens is 1. The maximum absolute atomic E-state index is 13.8. The summed E-state index contributed by atoms with van der Waals surface area (Å²) in [6.07, 6.45) is 1.67. The zero-order chi connectivity index (χ0) is 14.0. The van der Waals surface area contributed by atoms with Crippen LogP contribution in [0.4, 0.5) is 16.2 Å². The van der Waals surface area contributed by atoms with E-state index in [1.807, 2.05) is 31.9 Å². The molecule has 1 heterocycles. The number of aromatic nitrogens is 2. The summed E-state index contributed by atoms with van der Waals surface area (Å²) in [7, 11) is 1.87. The predicted octanol–water partition coefficient (Wildman–Crippen LogP) is 2.70. The number of hydrogen-bond donors (Lipinski definition) is 1. The Labute approximate surface area is 112 Å². The van der Waals surface area contributed by atoms with Crippen LogP contribution in [0, 0.1) is 12.7 Å². The third-order valence-electron chi connectivity index (χ3n) is 3.23. The second kappa shape index (κ2) is 5.22. The first-order valence-electron chi connectivity index (χ1n) is 6.07. The van der Waals surface area contributed by atoms with Gasteiger partial charge in [0.1, 0.15) is 11.6 Å². The van der Waals surface area contributed by atoms with Crippen molar-refractivity contribution in [3.05, 3.63) is 47.4 Å². The number of benzene rings is 1. The molecular weight excluding hydrogens is 243 g/mol. The van der Waals surface area contributed by atoms with Gasteiger partial charge in [-0.05, 0) is 19.9 Å². The molecule has 2 rings (SSSR count). The van der Waals surface area contributed by atoms with Crippen molar-refractivity contribution in [3.63, 3.8) is 0 Å². The first-order valence-corrected chi connectivity index (χ1v) is 6.07. The number of aryl methyl sites for hydroxylation is 1. The third-order valence-corrected chi connectivity index (χ3v) is 3.23. The second-order valence-corrected chi connectivity index (χ2v) is 4.54. The van der Waals surface area contributed by atoms with Gasteiger partial charge in [0.25, 0.3) is 0 Å². The SMILES string of the molecule is Cc1cnc(N)nc1N(C)C(C)c1ccccc1F. The van der Waals surface area contributed by atoms with Crippen molar-refractivity contribution < 1.29 is 4.39 Å². The highest BCUT2D eigenvalue weighted by Crippen LogP contribution is 2.27. The normalized spacial score (nSPS) is 12.2. The van der Waals surface area contributed by atoms with Crippen LogP contribution in [0.15, 0.2) is 30.5 Å². The second-order valence-electron chi connectivity index (χ2n) is 4.54. The molecule has 0 amide bonds. The van der Waals surface area contributed by atoms with Crippen molar-refractivity contribution >= 4 is 11.8 Å². The number of nitrogens with two attached hydrogens (primary N) is 1. The van der Waals surface area contributed by atoms with Gasteiger partial charge in [-0.1, -0.05) is 18.2 Å². The van der Waals surface area contributed by atoms with E-state index in [2.05, 4.69) is 9.97 Å². The molecule has 0 aliphatic heterocycles. The monoisotopic (exact) mass is 260 g/mol. The summed E-state index contributed by atoms with van der Waals surface area (Å²) >= 11 is 0. The summed E-state index contributed by atoms with van der Waals surface area (Å²) < 4.78 is 13.8. The van der Waals surface area contributed by atoms with Gasteiger partial charge >= 0.3 is 0 Å². The van der Waals surface area contributed by atoms with E-state index >= 15 is 0 Å². The molecule has 1 aromatic carbocycles. The first kappa shape index (κ1) is 13.3. The maximum atomic E-state index is 13.8. The maximum Gasteiger partial charge on any atom is 0.221 e. The molecular formula is C14H17FN4. The molecule has 5 heteroatoms. The third kappa shape index (κ3) is 2.65. The van der Waals surface area contributed by atoms with Crippen LogP contribution in [-0.2, 0) is 0 Å². The van der Waals surface area contributed by atoms with Crippen LogP contribution in [-0.4, -0.2) is 17.0 Å². The Bertz CT molecular complexity index is 585. The van der Waals surface area contributed by atoms with E-state index in [1.54, 1.807) is 18.3 Å². The summed E-state index contributed by atoms with van der Waals surface area (Å²) in [5.41, 5.74) is 7.14. The van der Waals surface area contributed by atoms with E-state index in [0.717, 1.165) is 5.56 Å². The van der Waals surface area contributed by atoms with Gasteiger partial charge in [0.15, 0.2) is 0 Å². The molecule has 0 saturated heterocycles. The zero-order valence-electron chi connectivity index (χ0n) is 11.3. The molecule has 0 fully saturated rings. The lowest BCUT2D eigenvalue weighted by Crippen LogP contribution is -2.24. The first-order chi connectivity index (χ1) is 9.00. The molecule has 2 N–H and O–H groups in total. The minimum atomic E-state index is -0.221. The number of hydrogen-bond acceptors (Lipinski definition) is 4. The van der Waals surface area contributed by atoms with E-state index < -0.39 is 0 Å². The fourth-order valence-electron chi connectivity index (χ4n) is 2.01. The molecule has 0 saturated carbocycles. The van der Waals surface area contributed by atoms with E-state index in [-0.39, 0.29) is 17.8 Å². The Morgan fingerprint density at radius 3 is 2.68 bits per heavy atom. The quantitative estimate of drug-likeness (QED) is 0.922. The van der Waals surface area contributed by atoms with Gasteiger partial charge in [-0.3, -0.25) is 0 Å². The van der Waals surface area contributed by atoms with Crippen molar-refractivity contribution in [3.8, 4) is 0 Å². The van der Waals surface area contributed by atoms with Gasteiger partial charge in [0, 0.05) is 24.4 Å². The molecule has 1 atom stereocenters. The summed E-state index contributed by atoms with van der Waals surface area (Å²) in [6.45, 7) is 3.83. The highest BCUT2D eigenvalue weighted by Gasteiger charge is 2.18. The Morgan fingerprint density at radius 2 is 2.00 bits per heavy atom. The number of nitrogens with zero attached hydrogens (tertiary/aromatic N) is 3. The van der Waals surface area contributed by atoms with Gasteiger partial charge < -0.3 is 10.6 Å². The number of nitrogen functional groups attached to an aromatic ring is 1. The van der Waals surface area contributed by atoms with Crippen LogP contribution < -0.4 is 10.6 Å². The van der Waals surface area contributed by atoms with E-state index in [1.165, 1.54) is 6.07 Å². The topological polar surface area (TPSA) is 55.0 Å². The fourth-order valence-corrected chi connectivity index (χ4v) is 2.01. The van der Waals surface area contributed by atoms with Gasteiger partial charge in [-0.15, -0.1) is 0 Å². The smallest absolute Gasteiger partial charge is 0.221 e. The molecule has 4 nitrogen and oxygen atoms in total. The van der Waals surface area contributed by atoms with E-state index in [9.17, 15) is 4.39 Å². The van der Waals surface area contributed by atoms with Gasteiger partial charge in [0.2, 0.25) is 5.95 Å². The molecule has 0 spiro atoms. The molecule has 0 aliphatic rings. The standard InChI is InChI=1S/C14H17FN4/c1-9-8-17-14(16)18-13(9)19(3)10(2)11-6-4-5-7-12(11)15/h4-8,10H,1-3H3,(H2,16,17,18). The van der Waals surface area contributed by atoms with E-state index in [4.69, 9.17) is 5.73 Å². The van der Waals surface area contributed by atoms with Crippen LogP contribution in [0.2, 0.25) is 0 Å². The number of anilines is 2. The molecule has 0 radical (unpaired) electrons. The summed E-state index contributed by atoms with van der Waals surface area (Å²) in [5, 5.41) is 0. The minimum Gasteiger partial charge on any atom is -0.368 e. The van der Waals surface area contributed by atoms with Crippen molar-refractivity contribution in [2.75, 3.05) is 17.7 Å². The lowest BCUT2D eigenvalue weighted by Gasteiger charge is -2.27. The lowest BCUT2D eigenvalue weighted by atomic mass is 10.1. The Balaban J connectivity index is 2.36. The lowest BCUT2D eigenvalue weighted by molar-refractivity contribution is 0.584. The average Bonchev–Trinajstić information content (AvgIpc) is 2.40. The Kier molecular flexibility index (Phi) is 3.64. The molecule has 19 heavy (non-hydrogen) atoms. The zero-order valence-corrected chi connectivity index (χ0v) is 11.3. The summed E-state index contributed by atoms with van der Waals surface area (Å²) in [6, 6.07) is 6.59. The molecule has 1 unspecified atom stereocenters. The van der Waals surface area contributed by atoms with Gasteiger partial charge in [-0.2, -0.15) is 4.98 Å². The van der Waals surface area contributed by atoms with Gasteiger partial charge in [0.05, 0.1) is 6.04 Å². The molecule has 1 aromatic heterocycles. The van der Waals surface area contributed by atoms with Crippen molar-refractivity contribution in [1.29, 1.82) is 0 Å². The van der Waals surface area contributed by atoms with Crippen LogP contribution in [0.5, 0.6) is 0 Å².